The van der Waals surface area contributed by atoms with Crippen molar-refractivity contribution in [2.45, 2.75) is 64.1 Å². The van der Waals surface area contributed by atoms with E-state index in [-0.39, 0.29) is 5.41 Å². The van der Waals surface area contributed by atoms with Crippen LogP contribution in [0, 0.1) is 0 Å². The predicted octanol–water partition coefficient (Wildman–Crippen LogP) is 4.89. The number of fused-ring (bicyclic) bond motifs is 2. The predicted molar refractivity (Wildman–Crippen MR) is 116 cm³/mol. The Morgan fingerprint density at radius 2 is 2.03 bits per heavy atom. The molecule has 1 fully saturated rings. The fourth-order valence-corrected chi connectivity index (χ4v) is 4.14. The van der Waals surface area contributed by atoms with Crippen molar-refractivity contribution < 1.29 is 9.53 Å². The summed E-state index contributed by atoms with van der Waals surface area (Å²) >= 11 is 6.67. The number of hydrogen-bond acceptors (Lipinski definition) is 5. The normalized spacial score (nSPS) is 19.6. The van der Waals surface area contributed by atoms with Crippen LogP contribution in [0.15, 0.2) is 27.5 Å². The van der Waals surface area contributed by atoms with Gasteiger partial charge in [-0.15, -0.1) is 0 Å². The lowest BCUT2D eigenvalue weighted by atomic mass is 9.65. The molecule has 1 aromatic carbocycles. The van der Waals surface area contributed by atoms with E-state index in [0.717, 1.165) is 24.4 Å². The van der Waals surface area contributed by atoms with Gasteiger partial charge < -0.3 is 10.1 Å². The Kier molecular flexibility index (Phi) is 5.76. The Bertz CT molecular complexity index is 857. The zero-order chi connectivity index (χ0) is 21.4. The number of amides is 1. The van der Waals surface area contributed by atoms with E-state index in [4.69, 9.17) is 16.3 Å². The van der Waals surface area contributed by atoms with Gasteiger partial charge in [-0.2, -0.15) is 5.11 Å². The fourth-order valence-electron chi connectivity index (χ4n) is 3.89. The molecular formula is C20H29ClN6O2. The van der Waals surface area contributed by atoms with Crippen molar-refractivity contribution in [3.63, 3.8) is 0 Å². The van der Waals surface area contributed by atoms with E-state index in [2.05, 4.69) is 26.0 Å². The standard InChI is InChI=1S/C20H29ClN6O2/c1-12(24-18(28)29-19(2,3)4)27(26-23-6)16-11-15-13(10-14(16)21)20(8-7-9-20)17(22-5)25-15/h10-12H,7-9H2,1-6H3,(H,22,25)(H,24,28). The number of halogens is 1. The van der Waals surface area contributed by atoms with Gasteiger partial charge in [0.1, 0.15) is 17.6 Å². The number of ether oxygens (including phenoxy) is 1. The van der Waals surface area contributed by atoms with E-state index in [1.165, 1.54) is 12.0 Å². The molecule has 158 valence electrons. The highest BCUT2D eigenvalue weighted by atomic mass is 35.5. The van der Waals surface area contributed by atoms with Gasteiger partial charge in [0.15, 0.2) is 0 Å². The Morgan fingerprint density at radius 3 is 2.55 bits per heavy atom. The van der Waals surface area contributed by atoms with Gasteiger partial charge in [0.2, 0.25) is 0 Å². The van der Waals surface area contributed by atoms with Crippen LogP contribution >= 0.6 is 11.6 Å². The van der Waals surface area contributed by atoms with E-state index in [1.807, 2.05) is 32.9 Å². The summed E-state index contributed by atoms with van der Waals surface area (Å²) in [5.41, 5.74) is 2.12. The molecule has 8 nitrogen and oxygen atoms in total. The van der Waals surface area contributed by atoms with E-state index < -0.39 is 17.9 Å². The number of nitrogens with one attached hydrogen (secondary N) is 2. The van der Waals surface area contributed by atoms with Crippen LogP contribution in [-0.2, 0) is 10.2 Å². The van der Waals surface area contributed by atoms with Crippen molar-refractivity contribution in [2.75, 3.05) is 24.4 Å². The molecule has 1 unspecified atom stereocenters. The molecule has 0 bridgehead atoms. The summed E-state index contributed by atoms with van der Waals surface area (Å²) in [7, 11) is 3.37. The molecular weight excluding hydrogens is 392 g/mol. The first kappa shape index (κ1) is 21.4. The van der Waals surface area contributed by atoms with E-state index in [9.17, 15) is 4.79 Å². The zero-order valence-corrected chi connectivity index (χ0v) is 18.6. The molecule has 1 heterocycles. The lowest BCUT2D eigenvalue weighted by molar-refractivity contribution is 0.0507. The minimum Gasteiger partial charge on any atom is -0.444 e. The van der Waals surface area contributed by atoms with Crippen molar-refractivity contribution in [3.8, 4) is 0 Å². The number of aliphatic imine (C=N–C) groups is 1. The first-order valence-corrected chi connectivity index (χ1v) is 10.2. The second kappa shape index (κ2) is 7.82. The third-order valence-electron chi connectivity index (χ3n) is 5.26. The van der Waals surface area contributed by atoms with Crippen LogP contribution in [0.5, 0.6) is 0 Å². The molecule has 2 aliphatic rings. The molecule has 1 aromatic rings. The molecule has 1 atom stereocenters. The lowest BCUT2D eigenvalue weighted by Crippen LogP contribution is -2.46. The number of nitrogens with zero attached hydrogens (tertiary/aromatic N) is 4. The second-order valence-electron chi connectivity index (χ2n) is 8.44. The van der Waals surface area contributed by atoms with Crippen LogP contribution in [0.1, 0.15) is 52.5 Å². The van der Waals surface area contributed by atoms with E-state index >= 15 is 0 Å². The number of hydrogen-bond donors (Lipinski definition) is 2. The van der Waals surface area contributed by atoms with Crippen LogP contribution in [0.4, 0.5) is 16.2 Å². The molecule has 1 aliphatic heterocycles. The van der Waals surface area contributed by atoms with Crippen LogP contribution in [0.25, 0.3) is 0 Å². The maximum atomic E-state index is 12.2. The highest BCUT2D eigenvalue weighted by Gasteiger charge is 2.49. The van der Waals surface area contributed by atoms with Gasteiger partial charge in [0.05, 0.1) is 23.2 Å². The number of carbonyl (C=O) groups excluding carboxylic acids is 1. The van der Waals surface area contributed by atoms with Gasteiger partial charge in [-0.05, 0) is 58.2 Å². The number of carbonyl (C=O) groups is 1. The average Bonchev–Trinajstić information content (AvgIpc) is 2.90. The van der Waals surface area contributed by atoms with Gasteiger partial charge >= 0.3 is 6.09 Å². The van der Waals surface area contributed by atoms with Crippen LogP contribution in [-0.4, -0.2) is 37.8 Å². The van der Waals surface area contributed by atoms with Crippen molar-refractivity contribution in [1.82, 2.24) is 5.32 Å². The van der Waals surface area contributed by atoms with Gasteiger partial charge in [-0.1, -0.05) is 23.2 Å². The summed E-state index contributed by atoms with van der Waals surface area (Å²) in [5.74, 6) is 0.982. The fraction of sp³-hybridized carbons (Fsp3) is 0.600. The number of alkyl carbamates (subject to hydrolysis) is 1. The Balaban J connectivity index is 1.90. The third-order valence-corrected chi connectivity index (χ3v) is 5.57. The molecule has 1 aliphatic carbocycles. The summed E-state index contributed by atoms with van der Waals surface area (Å²) < 4.78 is 5.34. The van der Waals surface area contributed by atoms with Gasteiger partial charge in [0, 0.05) is 12.7 Å². The lowest BCUT2D eigenvalue weighted by Gasteiger charge is -2.38. The Hall–Kier alpha value is -2.35. The summed E-state index contributed by atoms with van der Waals surface area (Å²) in [6.07, 6.45) is 2.23. The molecule has 29 heavy (non-hydrogen) atoms. The van der Waals surface area contributed by atoms with Crippen molar-refractivity contribution in [1.29, 1.82) is 0 Å². The van der Waals surface area contributed by atoms with E-state index in [0.29, 0.717) is 10.7 Å². The van der Waals surface area contributed by atoms with Crippen LogP contribution in [0.2, 0.25) is 5.02 Å². The molecule has 0 radical (unpaired) electrons. The Morgan fingerprint density at radius 1 is 1.34 bits per heavy atom. The van der Waals surface area contributed by atoms with Crippen LogP contribution in [0.3, 0.4) is 0 Å². The third kappa shape index (κ3) is 4.03. The van der Waals surface area contributed by atoms with Crippen LogP contribution < -0.4 is 15.6 Å². The summed E-state index contributed by atoms with van der Waals surface area (Å²) in [4.78, 5) is 16.7. The summed E-state index contributed by atoms with van der Waals surface area (Å²) in [6.45, 7) is 7.23. The first-order valence-electron chi connectivity index (χ1n) is 9.78. The maximum Gasteiger partial charge on any atom is 0.409 e. The highest BCUT2D eigenvalue weighted by molar-refractivity contribution is 6.34. The summed E-state index contributed by atoms with van der Waals surface area (Å²) in [6, 6.07) is 3.92. The number of anilines is 2. The van der Waals surface area contributed by atoms with Gasteiger partial charge in [-0.25, -0.2) is 9.80 Å². The number of amidine groups is 1. The SMILES string of the molecule is CN=NN(c1cc2c(cc1Cl)C1(CCC1)C(=NC)N2)C(C)NC(=O)OC(C)(C)C. The molecule has 1 spiro atoms. The van der Waals surface area contributed by atoms with Crippen molar-refractivity contribution >= 4 is 34.9 Å². The second-order valence-corrected chi connectivity index (χ2v) is 8.85. The highest BCUT2D eigenvalue weighted by Crippen LogP contribution is 2.53. The number of benzene rings is 1. The minimum absolute atomic E-state index is 0.0518. The first-order chi connectivity index (χ1) is 13.6. The minimum atomic E-state index is -0.594. The molecule has 0 saturated heterocycles. The monoisotopic (exact) mass is 420 g/mol. The number of rotatable bonds is 4. The molecule has 3 rings (SSSR count). The maximum absolute atomic E-state index is 12.2. The molecule has 0 aromatic heterocycles. The van der Waals surface area contributed by atoms with Gasteiger partial charge in [-0.3, -0.25) is 10.3 Å². The topological polar surface area (TPSA) is 90.7 Å². The van der Waals surface area contributed by atoms with E-state index in [1.54, 1.807) is 26.0 Å². The molecule has 9 heteroatoms. The Labute approximate surface area is 176 Å². The largest absolute Gasteiger partial charge is 0.444 e. The quantitative estimate of drug-likeness (QED) is 0.412. The van der Waals surface area contributed by atoms with Crippen molar-refractivity contribution in [3.05, 3.63) is 22.7 Å². The smallest absolute Gasteiger partial charge is 0.409 e. The summed E-state index contributed by atoms with van der Waals surface area (Å²) in [5, 5.41) is 16.4. The molecule has 1 amide bonds. The molecule has 1 saturated carbocycles. The zero-order valence-electron chi connectivity index (χ0n) is 17.8. The average molecular weight is 421 g/mol. The van der Waals surface area contributed by atoms with Gasteiger partial charge in [0.25, 0.3) is 0 Å². The van der Waals surface area contributed by atoms with Crippen molar-refractivity contribution in [2.24, 2.45) is 15.3 Å². The molecule has 2 N–H and O–H groups in total.